The zero-order valence-electron chi connectivity index (χ0n) is 31.2. The van der Waals surface area contributed by atoms with Gasteiger partial charge in [-0.05, 0) is 123 Å². The van der Waals surface area contributed by atoms with E-state index in [9.17, 15) is 0 Å². The Balaban J connectivity index is 1.09. The average molecular weight is 713 g/mol. The molecule has 11 aromatic rings. The topological polar surface area (TPSA) is 13.1 Å². The van der Waals surface area contributed by atoms with Crippen molar-refractivity contribution in [3.05, 3.63) is 193 Å². The highest BCUT2D eigenvalue weighted by molar-refractivity contribution is 6.24. The first-order valence-corrected chi connectivity index (χ1v) is 19.6. The van der Waals surface area contributed by atoms with Crippen molar-refractivity contribution in [3.63, 3.8) is 0 Å². The first-order chi connectivity index (χ1) is 27.5. The van der Waals surface area contributed by atoms with Gasteiger partial charge in [0.2, 0.25) is 0 Å². The third kappa shape index (κ3) is 4.31. The van der Waals surface area contributed by atoms with E-state index in [1.165, 1.54) is 104 Å². The number of fused-ring (bicyclic) bond motifs is 11. The van der Waals surface area contributed by atoms with Crippen molar-refractivity contribution in [2.75, 3.05) is 0 Å². The molecule has 0 unspecified atom stereocenters. The largest absolute Gasteiger partial charge is 0.456 e. The van der Waals surface area contributed by atoms with Gasteiger partial charge in [0.25, 0.3) is 0 Å². The van der Waals surface area contributed by atoms with Crippen LogP contribution in [-0.4, -0.2) is 0 Å². The lowest BCUT2D eigenvalue weighted by Crippen LogP contribution is -2.15. The molecule has 0 aliphatic heterocycles. The average Bonchev–Trinajstić information content (AvgIpc) is 3.72. The van der Waals surface area contributed by atoms with E-state index in [1.807, 2.05) is 6.07 Å². The van der Waals surface area contributed by atoms with Gasteiger partial charge in [0.15, 0.2) is 0 Å². The van der Waals surface area contributed by atoms with E-state index in [4.69, 9.17) is 4.42 Å². The molecule has 56 heavy (non-hydrogen) atoms. The van der Waals surface area contributed by atoms with Crippen LogP contribution in [0.3, 0.4) is 0 Å². The van der Waals surface area contributed by atoms with Crippen molar-refractivity contribution < 1.29 is 4.42 Å². The minimum Gasteiger partial charge on any atom is -0.456 e. The molecule has 0 fully saturated rings. The molecular formula is C55H36O. The van der Waals surface area contributed by atoms with Crippen LogP contribution in [0.25, 0.3) is 110 Å². The van der Waals surface area contributed by atoms with Crippen LogP contribution in [-0.2, 0) is 5.41 Å². The Morgan fingerprint density at radius 1 is 0.321 bits per heavy atom. The molecule has 10 aromatic carbocycles. The third-order valence-corrected chi connectivity index (χ3v) is 12.7. The summed E-state index contributed by atoms with van der Waals surface area (Å²) in [5.74, 6) is 0. The van der Waals surface area contributed by atoms with Crippen molar-refractivity contribution in [2.45, 2.75) is 19.3 Å². The Kier molecular flexibility index (Phi) is 6.46. The monoisotopic (exact) mass is 712 g/mol. The smallest absolute Gasteiger partial charge is 0.136 e. The van der Waals surface area contributed by atoms with E-state index in [0.717, 1.165) is 16.6 Å². The third-order valence-electron chi connectivity index (χ3n) is 12.7. The van der Waals surface area contributed by atoms with Gasteiger partial charge < -0.3 is 4.42 Å². The number of hydrogen-bond donors (Lipinski definition) is 0. The van der Waals surface area contributed by atoms with Crippen LogP contribution >= 0.6 is 0 Å². The molecule has 0 saturated carbocycles. The fourth-order valence-electron chi connectivity index (χ4n) is 10.1. The Labute approximate surface area is 325 Å². The molecule has 0 spiro atoms. The first kappa shape index (κ1) is 31.4. The van der Waals surface area contributed by atoms with E-state index in [2.05, 4.69) is 190 Å². The van der Waals surface area contributed by atoms with E-state index < -0.39 is 0 Å². The Morgan fingerprint density at radius 2 is 0.893 bits per heavy atom. The molecule has 262 valence electrons. The molecule has 0 bridgehead atoms. The molecule has 0 saturated heterocycles. The minimum absolute atomic E-state index is 0.178. The summed E-state index contributed by atoms with van der Waals surface area (Å²) in [5.41, 5.74) is 14.6. The predicted molar refractivity (Wildman–Crippen MR) is 238 cm³/mol. The van der Waals surface area contributed by atoms with E-state index in [1.54, 1.807) is 0 Å². The molecule has 1 heteroatoms. The number of hydrogen-bond acceptors (Lipinski definition) is 1. The SMILES string of the molecule is CC1(C)c2cc(-c3c4ccccc4c(-c4ccc(-c5ccccc5)c5ccccc45)c4ccccc34)ccc2-c2c1ccc1cc3c(cc21)oc1ccccc13. The van der Waals surface area contributed by atoms with Gasteiger partial charge in [-0.3, -0.25) is 0 Å². The van der Waals surface area contributed by atoms with Crippen molar-refractivity contribution in [2.24, 2.45) is 0 Å². The molecule has 1 nitrogen and oxygen atoms in total. The second kappa shape index (κ2) is 11.5. The van der Waals surface area contributed by atoms with Gasteiger partial charge in [-0.25, -0.2) is 0 Å². The molecule has 0 amide bonds. The summed E-state index contributed by atoms with van der Waals surface area (Å²) >= 11 is 0. The zero-order chi connectivity index (χ0) is 37.1. The Bertz CT molecular complexity index is 3380. The summed E-state index contributed by atoms with van der Waals surface area (Å²) in [5, 5.41) is 12.4. The molecule has 0 N–H and O–H groups in total. The van der Waals surface area contributed by atoms with Gasteiger partial charge in [0.1, 0.15) is 11.2 Å². The number of rotatable bonds is 3. The summed E-state index contributed by atoms with van der Waals surface area (Å²) in [6.45, 7) is 4.77. The molecule has 1 aliphatic rings. The number of benzene rings is 10. The Morgan fingerprint density at radius 3 is 1.61 bits per heavy atom. The highest BCUT2D eigenvalue weighted by Gasteiger charge is 2.37. The number of para-hydroxylation sites is 1. The van der Waals surface area contributed by atoms with Gasteiger partial charge in [0.05, 0.1) is 0 Å². The summed E-state index contributed by atoms with van der Waals surface area (Å²) in [7, 11) is 0. The van der Waals surface area contributed by atoms with Crippen LogP contribution in [0.2, 0.25) is 0 Å². The summed E-state index contributed by atoms with van der Waals surface area (Å²) in [4.78, 5) is 0. The maximum atomic E-state index is 6.41. The first-order valence-electron chi connectivity index (χ1n) is 19.6. The molecule has 0 radical (unpaired) electrons. The molecule has 12 rings (SSSR count). The lowest BCUT2D eigenvalue weighted by molar-refractivity contribution is 0.661. The van der Waals surface area contributed by atoms with Gasteiger partial charge in [-0.15, -0.1) is 0 Å². The highest BCUT2D eigenvalue weighted by Crippen LogP contribution is 2.54. The second-order valence-corrected chi connectivity index (χ2v) is 16.0. The van der Waals surface area contributed by atoms with Crippen LogP contribution in [0.4, 0.5) is 0 Å². The van der Waals surface area contributed by atoms with Crippen LogP contribution in [0, 0.1) is 0 Å². The van der Waals surface area contributed by atoms with Crippen molar-refractivity contribution in [1.29, 1.82) is 0 Å². The molecule has 1 heterocycles. The zero-order valence-corrected chi connectivity index (χ0v) is 31.2. The molecule has 1 aliphatic carbocycles. The lowest BCUT2D eigenvalue weighted by Gasteiger charge is -2.23. The van der Waals surface area contributed by atoms with Crippen LogP contribution in [0.1, 0.15) is 25.0 Å². The maximum Gasteiger partial charge on any atom is 0.136 e. The number of furan rings is 1. The fraction of sp³-hybridized carbons (Fsp3) is 0.0545. The Hall–Kier alpha value is -6.96. The normalized spacial score (nSPS) is 13.3. The van der Waals surface area contributed by atoms with Crippen LogP contribution < -0.4 is 0 Å². The minimum atomic E-state index is -0.178. The summed E-state index contributed by atoms with van der Waals surface area (Å²) < 4.78 is 6.41. The predicted octanol–water partition coefficient (Wildman–Crippen LogP) is 15.5. The van der Waals surface area contributed by atoms with Gasteiger partial charge in [-0.1, -0.05) is 172 Å². The molecule has 1 aromatic heterocycles. The van der Waals surface area contributed by atoms with Gasteiger partial charge in [-0.2, -0.15) is 0 Å². The van der Waals surface area contributed by atoms with Crippen molar-refractivity contribution in [1.82, 2.24) is 0 Å². The fourth-order valence-corrected chi connectivity index (χ4v) is 10.1. The molecule has 0 atom stereocenters. The summed E-state index contributed by atoms with van der Waals surface area (Å²) in [6.07, 6.45) is 0. The lowest BCUT2D eigenvalue weighted by atomic mass is 9.80. The van der Waals surface area contributed by atoms with Crippen LogP contribution in [0.15, 0.2) is 186 Å². The van der Waals surface area contributed by atoms with E-state index in [-0.39, 0.29) is 5.41 Å². The quantitative estimate of drug-likeness (QED) is 0.166. The standard InChI is InChI=1S/C55H36O/c1-55(2)48-29-25-34-30-47-39-18-12-13-23-50(39)56-51(47)32-46(34)54(48)45-26-24-35(31-49(45)55)52-40-19-8-10-21-42(40)53(43-22-11-9-20-41(43)52)44-28-27-36(33-14-4-3-5-15-33)37-16-6-7-17-38(37)44/h3-32H,1-2H3. The van der Waals surface area contributed by atoms with Gasteiger partial charge >= 0.3 is 0 Å². The highest BCUT2D eigenvalue weighted by atomic mass is 16.3. The van der Waals surface area contributed by atoms with Crippen molar-refractivity contribution >= 4 is 65.0 Å². The van der Waals surface area contributed by atoms with E-state index in [0.29, 0.717) is 0 Å². The summed E-state index contributed by atoms with van der Waals surface area (Å²) in [6, 6.07) is 67.2. The second-order valence-electron chi connectivity index (χ2n) is 16.0. The van der Waals surface area contributed by atoms with Crippen molar-refractivity contribution in [3.8, 4) is 44.5 Å². The van der Waals surface area contributed by atoms with Crippen LogP contribution in [0.5, 0.6) is 0 Å². The van der Waals surface area contributed by atoms with Gasteiger partial charge in [0, 0.05) is 16.2 Å². The maximum absolute atomic E-state index is 6.41. The van der Waals surface area contributed by atoms with E-state index >= 15 is 0 Å². The molecular weight excluding hydrogens is 677 g/mol.